The van der Waals surface area contributed by atoms with Gasteiger partial charge in [0.2, 0.25) is 0 Å². The number of ether oxygens (including phenoxy) is 2. The first-order chi connectivity index (χ1) is 15.7. The predicted molar refractivity (Wildman–Crippen MR) is 129 cm³/mol. The fourth-order valence-electron chi connectivity index (χ4n) is 3.29. The molecule has 0 atom stereocenters. The van der Waals surface area contributed by atoms with Crippen molar-refractivity contribution in [2.75, 3.05) is 62.5 Å². The molecule has 2 heterocycles. The Labute approximate surface area is 191 Å². The molecule has 2 aromatic carbocycles. The molecule has 1 amide bonds. The molecule has 0 aliphatic carbocycles. The molecule has 0 saturated carbocycles. The van der Waals surface area contributed by atoms with Crippen molar-refractivity contribution in [3.05, 3.63) is 60.3 Å². The largest absolute Gasteiger partial charge is 0.497 e. The van der Waals surface area contributed by atoms with Gasteiger partial charge in [-0.3, -0.25) is 9.69 Å². The molecule has 9 heteroatoms. The number of carbonyl (C=O) groups is 1. The highest BCUT2D eigenvalue weighted by molar-refractivity contribution is 7.19. The van der Waals surface area contributed by atoms with Gasteiger partial charge in [-0.05, 0) is 48.5 Å². The van der Waals surface area contributed by atoms with E-state index in [0.717, 1.165) is 56.5 Å². The number of aromatic nitrogens is 1. The number of morpholine rings is 1. The summed E-state index contributed by atoms with van der Waals surface area (Å²) in [6, 6.07) is 15.1. The lowest BCUT2D eigenvalue weighted by Gasteiger charge is -2.26. The Kier molecular flexibility index (Phi) is 7.55. The zero-order valence-electron chi connectivity index (χ0n) is 18.0. The van der Waals surface area contributed by atoms with Crippen LogP contribution in [0.15, 0.2) is 54.7 Å². The number of benzene rings is 2. The lowest BCUT2D eigenvalue weighted by atomic mass is 10.2. The highest BCUT2D eigenvalue weighted by atomic mass is 32.1. The Morgan fingerprint density at radius 1 is 1.09 bits per heavy atom. The zero-order valence-corrected chi connectivity index (χ0v) is 18.8. The van der Waals surface area contributed by atoms with Gasteiger partial charge >= 0.3 is 0 Å². The summed E-state index contributed by atoms with van der Waals surface area (Å²) in [5.41, 5.74) is 2.50. The summed E-state index contributed by atoms with van der Waals surface area (Å²) in [4.78, 5) is 19.3. The van der Waals surface area contributed by atoms with E-state index < -0.39 is 0 Å². The van der Waals surface area contributed by atoms with Crippen molar-refractivity contribution in [2.45, 2.75) is 0 Å². The van der Waals surface area contributed by atoms with Gasteiger partial charge in [-0.15, -0.1) is 0 Å². The summed E-state index contributed by atoms with van der Waals surface area (Å²) in [7, 11) is 1.63. The van der Waals surface area contributed by atoms with E-state index in [-0.39, 0.29) is 5.91 Å². The van der Waals surface area contributed by atoms with Gasteiger partial charge in [-0.2, -0.15) is 0 Å². The fourth-order valence-corrected chi connectivity index (χ4v) is 4.03. The molecule has 0 bridgehead atoms. The third kappa shape index (κ3) is 6.19. The Hall–Kier alpha value is -3.14. The minimum atomic E-state index is -0.162. The highest BCUT2D eigenvalue weighted by Crippen LogP contribution is 2.27. The molecule has 0 unspecified atom stereocenters. The standard InChI is InChI=1S/C23H27N5O3S/c1-30-20-8-6-19(7-9-20)26-23-25-16-21(32-23)27-22(29)17-2-4-18(5-3-17)24-10-11-28-12-14-31-15-13-28/h2-9,16,24H,10-15H2,1H3,(H,25,26)(H,27,29). The summed E-state index contributed by atoms with van der Waals surface area (Å²) in [5, 5.41) is 10.9. The molecule has 1 aliphatic heterocycles. The maximum absolute atomic E-state index is 12.6. The van der Waals surface area contributed by atoms with Crippen LogP contribution in [0.1, 0.15) is 10.4 Å². The predicted octanol–water partition coefficient (Wildman–Crippen LogP) is 3.89. The quantitative estimate of drug-likeness (QED) is 0.453. The first kappa shape index (κ1) is 22.1. The van der Waals surface area contributed by atoms with E-state index in [1.54, 1.807) is 13.3 Å². The van der Waals surface area contributed by atoms with Crippen LogP contribution in [0.2, 0.25) is 0 Å². The van der Waals surface area contributed by atoms with Gasteiger partial charge in [0.05, 0.1) is 26.5 Å². The van der Waals surface area contributed by atoms with Gasteiger partial charge in [-0.25, -0.2) is 4.98 Å². The maximum Gasteiger partial charge on any atom is 0.256 e. The smallest absolute Gasteiger partial charge is 0.256 e. The molecule has 0 spiro atoms. The van der Waals surface area contributed by atoms with E-state index in [9.17, 15) is 4.79 Å². The summed E-state index contributed by atoms with van der Waals surface area (Å²) < 4.78 is 10.5. The lowest BCUT2D eigenvalue weighted by Crippen LogP contribution is -2.39. The van der Waals surface area contributed by atoms with Crippen LogP contribution in [0.4, 0.5) is 21.5 Å². The first-order valence-corrected chi connectivity index (χ1v) is 11.3. The number of anilines is 4. The molecule has 32 heavy (non-hydrogen) atoms. The van der Waals surface area contributed by atoms with Crippen molar-refractivity contribution < 1.29 is 14.3 Å². The molecule has 4 rings (SSSR count). The van der Waals surface area contributed by atoms with E-state index in [4.69, 9.17) is 9.47 Å². The van der Waals surface area contributed by atoms with Crippen molar-refractivity contribution in [1.82, 2.24) is 9.88 Å². The van der Waals surface area contributed by atoms with Crippen molar-refractivity contribution >= 4 is 38.8 Å². The molecule has 3 aromatic rings. The molecule has 168 valence electrons. The van der Waals surface area contributed by atoms with Crippen LogP contribution in [-0.4, -0.2) is 62.3 Å². The van der Waals surface area contributed by atoms with Crippen molar-refractivity contribution in [3.63, 3.8) is 0 Å². The number of hydrogen-bond donors (Lipinski definition) is 3. The fraction of sp³-hybridized carbons (Fsp3) is 0.304. The second-order valence-corrected chi connectivity index (χ2v) is 8.33. The van der Waals surface area contributed by atoms with Crippen LogP contribution in [-0.2, 0) is 4.74 Å². The minimum absolute atomic E-state index is 0.162. The third-order valence-electron chi connectivity index (χ3n) is 5.09. The Morgan fingerprint density at radius 3 is 2.53 bits per heavy atom. The second-order valence-electron chi connectivity index (χ2n) is 7.30. The average Bonchev–Trinajstić information content (AvgIpc) is 3.27. The third-order valence-corrected chi connectivity index (χ3v) is 5.92. The van der Waals surface area contributed by atoms with Gasteiger partial charge in [0.25, 0.3) is 5.91 Å². The van der Waals surface area contributed by atoms with Gasteiger partial charge in [0.15, 0.2) is 5.13 Å². The van der Waals surface area contributed by atoms with Crippen LogP contribution in [0, 0.1) is 0 Å². The molecule has 1 fully saturated rings. The molecule has 8 nitrogen and oxygen atoms in total. The van der Waals surface area contributed by atoms with Gasteiger partial charge < -0.3 is 25.4 Å². The Morgan fingerprint density at radius 2 is 1.81 bits per heavy atom. The number of amides is 1. The van der Waals surface area contributed by atoms with Gasteiger partial charge in [-0.1, -0.05) is 11.3 Å². The first-order valence-electron chi connectivity index (χ1n) is 10.5. The van der Waals surface area contributed by atoms with Crippen LogP contribution >= 0.6 is 11.3 Å². The van der Waals surface area contributed by atoms with Crippen LogP contribution in [0.25, 0.3) is 0 Å². The van der Waals surface area contributed by atoms with E-state index in [2.05, 4.69) is 25.8 Å². The lowest BCUT2D eigenvalue weighted by molar-refractivity contribution is 0.0398. The maximum atomic E-state index is 12.6. The summed E-state index contributed by atoms with van der Waals surface area (Å²) in [5.74, 6) is 0.630. The van der Waals surface area contributed by atoms with Gasteiger partial charge in [0, 0.05) is 43.1 Å². The SMILES string of the molecule is COc1ccc(Nc2ncc(NC(=O)c3ccc(NCCN4CCOCC4)cc3)s2)cc1. The topological polar surface area (TPSA) is 87.8 Å². The van der Waals surface area contributed by atoms with E-state index in [0.29, 0.717) is 15.7 Å². The molecular weight excluding hydrogens is 426 g/mol. The normalized spacial score (nSPS) is 14.0. The number of nitrogens with one attached hydrogen (secondary N) is 3. The molecule has 1 aliphatic rings. The summed E-state index contributed by atoms with van der Waals surface area (Å²) in [6.07, 6.45) is 1.65. The molecule has 3 N–H and O–H groups in total. The Balaban J connectivity index is 1.25. The van der Waals surface area contributed by atoms with E-state index >= 15 is 0 Å². The van der Waals surface area contributed by atoms with Gasteiger partial charge in [0.1, 0.15) is 10.8 Å². The number of nitrogens with zero attached hydrogens (tertiary/aromatic N) is 2. The second kappa shape index (κ2) is 10.9. The molecule has 0 radical (unpaired) electrons. The molecule has 1 saturated heterocycles. The van der Waals surface area contributed by atoms with Crippen molar-refractivity contribution in [2.24, 2.45) is 0 Å². The number of rotatable bonds is 9. The number of methoxy groups -OCH3 is 1. The van der Waals surface area contributed by atoms with Crippen LogP contribution < -0.4 is 20.7 Å². The monoisotopic (exact) mass is 453 g/mol. The van der Waals surface area contributed by atoms with E-state index in [1.165, 1.54) is 11.3 Å². The van der Waals surface area contributed by atoms with Crippen LogP contribution in [0.5, 0.6) is 5.75 Å². The Bertz CT molecular complexity index is 1000. The summed E-state index contributed by atoms with van der Waals surface area (Å²) >= 11 is 1.38. The average molecular weight is 454 g/mol. The zero-order chi connectivity index (χ0) is 22.2. The minimum Gasteiger partial charge on any atom is -0.497 e. The number of carbonyl (C=O) groups excluding carboxylic acids is 1. The van der Waals surface area contributed by atoms with Crippen LogP contribution in [0.3, 0.4) is 0 Å². The summed E-state index contributed by atoms with van der Waals surface area (Å²) in [6.45, 7) is 5.41. The number of thiazole rings is 1. The number of hydrogen-bond acceptors (Lipinski definition) is 8. The molecule has 1 aromatic heterocycles. The molecular formula is C23H27N5O3S. The van der Waals surface area contributed by atoms with E-state index in [1.807, 2.05) is 48.5 Å². The highest BCUT2D eigenvalue weighted by Gasteiger charge is 2.11. The van der Waals surface area contributed by atoms with Crippen molar-refractivity contribution in [1.29, 1.82) is 0 Å². The van der Waals surface area contributed by atoms with Crippen molar-refractivity contribution in [3.8, 4) is 5.75 Å².